The average Bonchev–Trinajstić information content (AvgIpc) is 2.95. The van der Waals surface area contributed by atoms with Crippen LogP contribution < -0.4 is 14.8 Å². The molecular weight excluding hydrogens is 320 g/mol. The number of carbonyl (C=O) groups excluding carboxylic acids is 1. The number of methoxy groups -OCH3 is 1. The van der Waals surface area contributed by atoms with Crippen molar-refractivity contribution in [3.8, 4) is 11.5 Å². The van der Waals surface area contributed by atoms with Crippen LogP contribution in [0.2, 0.25) is 0 Å². The molecule has 25 heavy (non-hydrogen) atoms. The lowest BCUT2D eigenvalue weighted by molar-refractivity contribution is -0.126. The molecule has 1 amide bonds. The Hall–Kier alpha value is -2.50. The molecule has 1 aromatic carbocycles. The van der Waals surface area contributed by atoms with Crippen LogP contribution in [-0.4, -0.2) is 31.3 Å². The van der Waals surface area contributed by atoms with Crippen LogP contribution in [0.15, 0.2) is 22.7 Å². The first-order valence-corrected chi connectivity index (χ1v) is 8.58. The summed E-state index contributed by atoms with van der Waals surface area (Å²) >= 11 is 0. The fourth-order valence-corrected chi connectivity index (χ4v) is 3.20. The standard InChI is InChI=1S/C19H24N2O4/c1-12-16(13(2)25-21-12)7-5-9-20-19(22)15-10-14-6-4-8-17(23-3)18(14)24-11-15/h4,6,8,15H,5,7,9-11H2,1-3H3,(H,20,22). The van der Waals surface area contributed by atoms with Gasteiger partial charge in [0.15, 0.2) is 11.5 Å². The Bertz CT molecular complexity index is 734. The number of nitrogens with one attached hydrogen (secondary N) is 1. The molecule has 1 N–H and O–H groups in total. The first kappa shape index (κ1) is 17.3. The maximum absolute atomic E-state index is 12.4. The van der Waals surface area contributed by atoms with Crippen molar-refractivity contribution in [1.29, 1.82) is 0 Å². The van der Waals surface area contributed by atoms with Gasteiger partial charge in [-0.05, 0) is 44.7 Å². The van der Waals surface area contributed by atoms with Gasteiger partial charge in [-0.25, -0.2) is 0 Å². The first-order chi connectivity index (χ1) is 12.1. The molecule has 0 spiro atoms. The highest BCUT2D eigenvalue weighted by atomic mass is 16.5. The number of benzene rings is 1. The third-order valence-corrected chi connectivity index (χ3v) is 4.63. The van der Waals surface area contributed by atoms with Gasteiger partial charge >= 0.3 is 0 Å². The SMILES string of the molecule is COc1cccc2c1OCC(C(=O)NCCCc1c(C)noc1C)C2. The zero-order valence-corrected chi connectivity index (χ0v) is 14.9. The largest absolute Gasteiger partial charge is 0.493 e. The average molecular weight is 344 g/mol. The molecule has 0 aliphatic carbocycles. The predicted molar refractivity (Wildman–Crippen MR) is 93.0 cm³/mol. The van der Waals surface area contributed by atoms with E-state index in [4.69, 9.17) is 14.0 Å². The highest BCUT2D eigenvalue weighted by Gasteiger charge is 2.27. The Morgan fingerprint density at radius 2 is 2.24 bits per heavy atom. The molecule has 1 atom stereocenters. The van der Waals surface area contributed by atoms with Crippen molar-refractivity contribution in [2.75, 3.05) is 20.3 Å². The number of hydrogen-bond acceptors (Lipinski definition) is 5. The van der Waals surface area contributed by atoms with E-state index in [0.717, 1.165) is 46.9 Å². The van der Waals surface area contributed by atoms with Gasteiger partial charge in [-0.2, -0.15) is 0 Å². The van der Waals surface area contributed by atoms with Gasteiger partial charge in [0.2, 0.25) is 5.91 Å². The lowest BCUT2D eigenvalue weighted by atomic mass is 9.95. The van der Waals surface area contributed by atoms with E-state index in [-0.39, 0.29) is 11.8 Å². The van der Waals surface area contributed by atoms with E-state index in [0.29, 0.717) is 19.6 Å². The third-order valence-electron chi connectivity index (χ3n) is 4.63. The minimum atomic E-state index is -0.168. The second-order valence-corrected chi connectivity index (χ2v) is 6.36. The van der Waals surface area contributed by atoms with Crippen molar-refractivity contribution in [2.24, 2.45) is 5.92 Å². The summed E-state index contributed by atoms with van der Waals surface area (Å²) in [5.41, 5.74) is 3.08. The molecule has 0 saturated carbocycles. The Morgan fingerprint density at radius 3 is 2.96 bits per heavy atom. The lowest BCUT2D eigenvalue weighted by Crippen LogP contribution is -2.37. The van der Waals surface area contributed by atoms with Crippen molar-refractivity contribution in [3.63, 3.8) is 0 Å². The number of carbonyl (C=O) groups is 1. The van der Waals surface area contributed by atoms with Crippen molar-refractivity contribution < 1.29 is 18.8 Å². The van der Waals surface area contributed by atoms with Gasteiger partial charge in [-0.15, -0.1) is 0 Å². The highest BCUT2D eigenvalue weighted by molar-refractivity contribution is 5.79. The molecule has 0 radical (unpaired) electrons. The van der Waals surface area contributed by atoms with E-state index in [2.05, 4.69) is 10.5 Å². The van der Waals surface area contributed by atoms with Crippen molar-refractivity contribution >= 4 is 5.91 Å². The summed E-state index contributed by atoms with van der Waals surface area (Å²) in [5.74, 6) is 2.20. The van der Waals surface area contributed by atoms with Crippen LogP contribution in [0.4, 0.5) is 0 Å². The number of rotatable bonds is 6. The monoisotopic (exact) mass is 344 g/mol. The van der Waals surface area contributed by atoms with Gasteiger partial charge in [-0.1, -0.05) is 17.3 Å². The highest BCUT2D eigenvalue weighted by Crippen LogP contribution is 2.36. The maximum atomic E-state index is 12.4. The minimum Gasteiger partial charge on any atom is -0.493 e. The minimum absolute atomic E-state index is 0.0345. The Kier molecular flexibility index (Phi) is 5.26. The first-order valence-electron chi connectivity index (χ1n) is 8.58. The summed E-state index contributed by atoms with van der Waals surface area (Å²) in [7, 11) is 1.62. The number of para-hydroxylation sites is 1. The number of aromatic nitrogens is 1. The number of amides is 1. The molecule has 0 fully saturated rings. The van der Waals surface area contributed by atoms with Crippen molar-refractivity contribution in [2.45, 2.75) is 33.1 Å². The zero-order chi connectivity index (χ0) is 17.8. The number of hydrogen-bond donors (Lipinski definition) is 1. The van der Waals surface area contributed by atoms with Crippen molar-refractivity contribution in [1.82, 2.24) is 10.5 Å². The molecule has 2 aromatic rings. The van der Waals surface area contributed by atoms with Crippen LogP contribution in [0.25, 0.3) is 0 Å². The Labute approximate surface area is 147 Å². The molecule has 134 valence electrons. The van der Waals surface area contributed by atoms with Crippen molar-refractivity contribution in [3.05, 3.63) is 40.8 Å². The Morgan fingerprint density at radius 1 is 1.40 bits per heavy atom. The molecule has 6 heteroatoms. The fourth-order valence-electron chi connectivity index (χ4n) is 3.20. The van der Waals surface area contributed by atoms with Gasteiger partial charge in [0.1, 0.15) is 12.4 Å². The summed E-state index contributed by atoms with van der Waals surface area (Å²) in [6, 6.07) is 5.77. The number of aryl methyl sites for hydroxylation is 2. The topological polar surface area (TPSA) is 73.6 Å². The van der Waals surface area contributed by atoms with E-state index in [9.17, 15) is 4.79 Å². The third kappa shape index (κ3) is 3.78. The summed E-state index contributed by atoms with van der Waals surface area (Å²) in [4.78, 5) is 12.4. The molecule has 1 aliphatic rings. The second kappa shape index (κ2) is 7.59. The summed E-state index contributed by atoms with van der Waals surface area (Å²) in [5, 5.41) is 6.96. The van der Waals surface area contributed by atoms with E-state index >= 15 is 0 Å². The van der Waals surface area contributed by atoms with E-state index < -0.39 is 0 Å². The van der Waals surface area contributed by atoms with Crippen LogP contribution in [0.5, 0.6) is 11.5 Å². The normalized spacial score (nSPS) is 16.0. The molecule has 1 aliphatic heterocycles. The van der Waals surface area contributed by atoms with E-state index in [1.54, 1.807) is 7.11 Å². The van der Waals surface area contributed by atoms with Crippen LogP contribution in [0, 0.1) is 19.8 Å². The summed E-state index contributed by atoms with van der Waals surface area (Å²) in [6.07, 6.45) is 2.37. The molecule has 2 heterocycles. The van der Waals surface area contributed by atoms with Gasteiger partial charge in [-0.3, -0.25) is 4.79 Å². The quantitative estimate of drug-likeness (QED) is 0.816. The number of nitrogens with zero attached hydrogens (tertiary/aromatic N) is 1. The fraction of sp³-hybridized carbons (Fsp3) is 0.474. The lowest BCUT2D eigenvalue weighted by Gasteiger charge is -2.25. The predicted octanol–water partition coefficient (Wildman–Crippen LogP) is 2.60. The van der Waals surface area contributed by atoms with Gasteiger partial charge < -0.3 is 19.3 Å². The van der Waals surface area contributed by atoms with Crippen LogP contribution in [0.3, 0.4) is 0 Å². The number of fused-ring (bicyclic) bond motifs is 1. The second-order valence-electron chi connectivity index (χ2n) is 6.36. The van der Waals surface area contributed by atoms with Gasteiger partial charge in [0.05, 0.1) is 18.7 Å². The molecular formula is C19H24N2O4. The maximum Gasteiger partial charge on any atom is 0.226 e. The van der Waals surface area contributed by atoms with E-state index in [1.807, 2.05) is 32.0 Å². The Balaban J connectivity index is 1.49. The van der Waals surface area contributed by atoms with Gasteiger partial charge in [0.25, 0.3) is 0 Å². The zero-order valence-electron chi connectivity index (χ0n) is 14.9. The smallest absolute Gasteiger partial charge is 0.226 e. The van der Waals surface area contributed by atoms with Crippen LogP contribution in [0.1, 0.15) is 29.0 Å². The summed E-state index contributed by atoms with van der Waals surface area (Å²) < 4.78 is 16.2. The van der Waals surface area contributed by atoms with Crippen LogP contribution >= 0.6 is 0 Å². The molecule has 3 rings (SSSR count). The molecule has 1 unspecified atom stereocenters. The molecule has 6 nitrogen and oxygen atoms in total. The summed E-state index contributed by atoms with van der Waals surface area (Å²) in [6.45, 7) is 4.86. The molecule has 0 bridgehead atoms. The number of ether oxygens (including phenoxy) is 2. The van der Waals surface area contributed by atoms with Gasteiger partial charge in [0, 0.05) is 12.1 Å². The molecule has 0 saturated heterocycles. The molecule has 1 aromatic heterocycles. The van der Waals surface area contributed by atoms with E-state index in [1.165, 1.54) is 0 Å². The van der Waals surface area contributed by atoms with Crippen LogP contribution in [-0.2, 0) is 17.6 Å².